The lowest BCUT2D eigenvalue weighted by Gasteiger charge is -2.05. The first-order valence-corrected chi connectivity index (χ1v) is 6.47. The normalized spacial score (nSPS) is 11.2. The van der Waals surface area contributed by atoms with E-state index in [0.29, 0.717) is 23.4 Å². The van der Waals surface area contributed by atoms with Gasteiger partial charge in [0.25, 0.3) is 0 Å². The predicted molar refractivity (Wildman–Crippen MR) is 71.2 cm³/mol. The van der Waals surface area contributed by atoms with Crippen molar-refractivity contribution in [1.82, 2.24) is 15.5 Å². The van der Waals surface area contributed by atoms with E-state index in [1.165, 1.54) is 12.1 Å². The minimum Gasteiger partial charge on any atom is -0.421 e. The van der Waals surface area contributed by atoms with Crippen LogP contribution in [0.3, 0.4) is 0 Å². The second kappa shape index (κ2) is 6.43. The molecule has 0 bridgehead atoms. The maximum atomic E-state index is 13.1. The molecule has 1 N–H and O–H groups in total. The van der Waals surface area contributed by atoms with Gasteiger partial charge in [0, 0.05) is 18.0 Å². The van der Waals surface area contributed by atoms with Gasteiger partial charge in [-0.3, -0.25) is 0 Å². The molecule has 4 nitrogen and oxygen atoms in total. The van der Waals surface area contributed by atoms with E-state index in [2.05, 4.69) is 29.4 Å². The van der Waals surface area contributed by atoms with Gasteiger partial charge in [-0.2, -0.15) is 0 Å². The molecule has 2 rings (SSSR count). The average molecular weight is 263 g/mol. The minimum absolute atomic E-state index is 0.307. The zero-order chi connectivity index (χ0) is 13.7. The van der Waals surface area contributed by atoms with Gasteiger partial charge in [-0.1, -0.05) is 19.9 Å². The van der Waals surface area contributed by atoms with Gasteiger partial charge in [0.05, 0.1) is 0 Å². The van der Waals surface area contributed by atoms with Crippen molar-refractivity contribution in [1.29, 1.82) is 0 Å². The lowest BCUT2D eigenvalue weighted by Crippen LogP contribution is -2.23. The third kappa shape index (κ3) is 4.13. The van der Waals surface area contributed by atoms with Crippen molar-refractivity contribution in [3.05, 3.63) is 36.0 Å². The highest BCUT2D eigenvalue weighted by Gasteiger charge is 2.08. The molecule has 0 amide bonds. The molecular weight excluding hydrogens is 245 g/mol. The average Bonchev–Trinajstić information content (AvgIpc) is 2.83. The number of aromatic nitrogens is 2. The molecule has 5 heteroatoms. The number of hydrogen-bond acceptors (Lipinski definition) is 4. The van der Waals surface area contributed by atoms with Gasteiger partial charge in [-0.15, -0.1) is 10.2 Å². The molecule has 1 aromatic carbocycles. The fourth-order valence-electron chi connectivity index (χ4n) is 1.72. The summed E-state index contributed by atoms with van der Waals surface area (Å²) in [4.78, 5) is 0. The molecule has 0 aliphatic heterocycles. The minimum atomic E-state index is -0.307. The summed E-state index contributed by atoms with van der Waals surface area (Å²) in [6.07, 6.45) is 1.66. The largest absolute Gasteiger partial charge is 0.421 e. The van der Waals surface area contributed by atoms with Crippen molar-refractivity contribution in [3.8, 4) is 11.5 Å². The molecule has 102 valence electrons. The Morgan fingerprint density at radius 3 is 2.89 bits per heavy atom. The monoisotopic (exact) mass is 263 g/mol. The van der Waals surface area contributed by atoms with Crippen molar-refractivity contribution >= 4 is 0 Å². The van der Waals surface area contributed by atoms with Crippen LogP contribution < -0.4 is 5.32 Å². The van der Waals surface area contributed by atoms with Gasteiger partial charge in [0.1, 0.15) is 5.82 Å². The third-order valence-electron chi connectivity index (χ3n) is 2.66. The van der Waals surface area contributed by atoms with E-state index in [0.717, 1.165) is 19.4 Å². The van der Waals surface area contributed by atoms with Crippen LogP contribution in [-0.2, 0) is 6.42 Å². The van der Waals surface area contributed by atoms with Crippen LogP contribution >= 0.6 is 0 Å². The van der Waals surface area contributed by atoms with E-state index in [1.807, 2.05) is 0 Å². The van der Waals surface area contributed by atoms with E-state index >= 15 is 0 Å². The Hall–Kier alpha value is -1.75. The smallest absolute Gasteiger partial charge is 0.247 e. The van der Waals surface area contributed by atoms with E-state index in [-0.39, 0.29) is 5.82 Å². The summed E-state index contributed by atoms with van der Waals surface area (Å²) in [6.45, 7) is 5.12. The highest BCUT2D eigenvalue weighted by Crippen LogP contribution is 2.18. The Morgan fingerprint density at radius 1 is 1.32 bits per heavy atom. The van der Waals surface area contributed by atoms with Gasteiger partial charge in [-0.25, -0.2) is 4.39 Å². The van der Waals surface area contributed by atoms with E-state index < -0.39 is 0 Å². The Bertz CT molecular complexity index is 525. The van der Waals surface area contributed by atoms with Gasteiger partial charge < -0.3 is 9.73 Å². The number of rotatable bonds is 6. The van der Waals surface area contributed by atoms with Gasteiger partial charge >= 0.3 is 0 Å². The maximum absolute atomic E-state index is 13.1. The van der Waals surface area contributed by atoms with Crippen LogP contribution in [0.5, 0.6) is 0 Å². The molecule has 0 saturated heterocycles. The summed E-state index contributed by atoms with van der Waals surface area (Å²) in [7, 11) is 0. The molecule has 0 unspecified atom stereocenters. The number of benzene rings is 1. The molecule has 0 aliphatic carbocycles. The molecule has 1 aromatic heterocycles. The number of hydrogen-bond donors (Lipinski definition) is 1. The lowest BCUT2D eigenvalue weighted by atomic mass is 10.2. The van der Waals surface area contributed by atoms with Crippen molar-refractivity contribution in [2.75, 3.05) is 6.54 Å². The second-order valence-electron chi connectivity index (χ2n) is 4.72. The summed E-state index contributed by atoms with van der Waals surface area (Å²) in [5, 5.41) is 11.2. The number of aryl methyl sites for hydroxylation is 1. The quantitative estimate of drug-likeness (QED) is 0.814. The Morgan fingerprint density at radius 2 is 2.16 bits per heavy atom. The summed E-state index contributed by atoms with van der Waals surface area (Å²) in [5.74, 6) is 0.648. The highest BCUT2D eigenvalue weighted by atomic mass is 19.1. The van der Waals surface area contributed by atoms with Crippen LogP contribution in [0.25, 0.3) is 11.5 Å². The number of nitrogens with one attached hydrogen (secondary N) is 1. The third-order valence-corrected chi connectivity index (χ3v) is 2.66. The predicted octanol–water partition coefficient (Wildman–Crippen LogP) is 2.81. The highest BCUT2D eigenvalue weighted by molar-refractivity contribution is 5.52. The van der Waals surface area contributed by atoms with Crippen molar-refractivity contribution in [2.24, 2.45) is 0 Å². The van der Waals surface area contributed by atoms with Crippen LogP contribution in [0.2, 0.25) is 0 Å². The first-order valence-electron chi connectivity index (χ1n) is 6.47. The summed E-state index contributed by atoms with van der Waals surface area (Å²) >= 11 is 0. The Balaban J connectivity index is 1.92. The first-order chi connectivity index (χ1) is 9.15. The molecule has 0 aliphatic rings. The number of nitrogens with zero attached hydrogens (tertiary/aromatic N) is 2. The Kier molecular flexibility index (Phi) is 4.63. The molecule has 0 saturated carbocycles. The van der Waals surface area contributed by atoms with Crippen LogP contribution in [-0.4, -0.2) is 22.8 Å². The zero-order valence-electron chi connectivity index (χ0n) is 11.2. The van der Waals surface area contributed by atoms with Gasteiger partial charge in [-0.05, 0) is 31.2 Å². The second-order valence-corrected chi connectivity index (χ2v) is 4.72. The molecule has 0 fully saturated rings. The summed E-state index contributed by atoms with van der Waals surface area (Å²) in [6, 6.07) is 6.63. The fraction of sp³-hybridized carbons (Fsp3) is 0.429. The molecular formula is C14H18FN3O. The van der Waals surface area contributed by atoms with Crippen LogP contribution in [0.4, 0.5) is 4.39 Å². The summed E-state index contributed by atoms with van der Waals surface area (Å²) < 4.78 is 18.6. The van der Waals surface area contributed by atoms with Crippen molar-refractivity contribution < 1.29 is 8.81 Å². The zero-order valence-corrected chi connectivity index (χ0v) is 11.2. The molecule has 19 heavy (non-hydrogen) atoms. The van der Waals surface area contributed by atoms with Crippen LogP contribution in [0.1, 0.15) is 26.2 Å². The fourth-order valence-corrected chi connectivity index (χ4v) is 1.72. The molecule has 2 aromatic rings. The molecule has 0 spiro atoms. The molecule has 1 heterocycles. The van der Waals surface area contributed by atoms with Crippen molar-refractivity contribution in [3.63, 3.8) is 0 Å². The van der Waals surface area contributed by atoms with Crippen molar-refractivity contribution in [2.45, 2.75) is 32.7 Å². The van der Waals surface area contributed by atoms with E-state index in [1.54, 1.807) is 12.1 Å². The summed E-state index contributed by atoms with van der Waals surface area (Å²) in [5.41, 5.74) is 0.610. The lowest BCUT2D eigenvalue weighted by molar-refractivity contribution is 0.483. The standard InChI is InChI=1S/C14H18FN3O/c1-10(2)16-8-4-7-13-17-18-14(19-13)11-5-3-6-12(15)9-11/h3,5-6,9-10,16H,4,7-8H2,1-2H3. The maximum Gasteiger partial charge on any atom is 0.247 e. The van der Waals surface area contributed by atoms with E-state index in [4.69, 9.17) is 4.42 Å². The molecule has 0 radical (unpaired) electrons. The van der Waals surface area contributed by atoms with Gasteiger partial charge in [0.2, 0.25) is 11.8 Å². The van der Waals surface area contributed by atoms with Crippen LogP contribution in [0, 0.1) is 5.82 Å². The van der Waals surface area contributed by atoms with Gasteiger partial charge in [0.15, 0.2) is 0 Å². The first kappa shape index (κ1) is 13.7. The number of halogens is 1. The van der Waals surface area contributed by atoms with Crippen LogP contribution in [0.15, 0.2) is 28.7 Å². The SMILES string of the molecule is CC(C)NCCCc1nnc(-c2cccc(F)c2)o1. The topological polar surface area (TPSA) is 51.0 Å². The molecule has 0 atom stereocenters. The van der Waals surface area contributed by atoms with E-state index in [9.17, 15) is 4.39 Å². The Labute approximate surface area is 112 Å².